The number of carbonyl (C=O) groups excluding carboxylic acids is 2. The van der Waals surface area contributed by atoms with Crippen LogP contribution in [0.3, 0.4) is 0 Å². The molecule has 0 aliphatic rings. The molecule has 0 saturated carbocycles. The van der Waals surface area contributed by atoms with Crippen molar-refractivity contribution in [3.8, 4) is 0 Å². The predicted molar refractivity (Wildman–Crippen MR) is 135 cm³/mol. The Balaban J connectivity index is 2.23. The molecule has 1 rings (SSSR count). The molecule has 0 fully saturated rings. The van der Waals surface area contributed by atoms with Gasteiger partial charge in [0.15, 0.2) is 0 Å². The average Bonchev–Trinajstić information content (AvgIpc) is 3.32. The number of carbonyl (C=O) groups is 2. The second-order valence-corrected chi connectivity index (χ2v) is 8.30. The number of esters is 1. The highest BCUT2D eigenvalue weighted by molar-refractivity contribution is 5.91. The van der Waals surface area contributed by atoms with E-state index in [0.29, 0.717) is 13.0 Å². The zero-order valence-electron chi connectivity index (χ0n) is 20.6. The highest BCUT2D eigenvalue weighted by atomic mass is 16.5. The molecule has 0 spiro atoms. The third-order valence-corrected chi connectivity index (χ3v) is 5.22. The number of imidazole rings is 1. The van der Waals surface area contributed by atoms with E-state index < -0.39 is 12.0 Å². The van der Waals surface area contributed by atoms with Crippen molar-refractivity contribution < 1.29 is 14.3 Å². The highest BCUT2D eigenvalue weighted by Crippen LogP contribution is 2.10. The van der Waals surface area contributed by atoms with Crippen molar-refractivity contribution >= 4 is 11.9 Å². The Morgan fingerprint density at radius 3 is 2.33 bits per heavy atom. The van der Waals surface area contributed by atoms with Crippen molar-refractivity contribution in [3.05, 3.63) is 54.7 Å². The van der Waals surface area contributed by atoms with Crippen LogP contribution in [0.25, 0.3) is 0 Å². The molecule has 0 aliphatic carbocycles. The normalized spacial score (nSPS) is 12.7. The summed E-state index contributed by atoms with van der Waals surface area (Å²) in [6.07, 6.45) is 28.3. The van der Waals surface area contributed by atoms with Gasteiger partial charge in [-0.3, -0.25) is 4.79 Å². The molecule has 0 aliphatic heterocycles. The van der Waals surface area contributed by atoms with Crippen LogP contribution in [-0.4, -0.2) is 34.5 Å². The number of H-pyrrole nitrogens is 1. The Morgan fingerprint density at radius 2 is 1.67 bits per heavy atom. The van der Waals surface area contributed by atoms with Crippen LogP contribution in [-0.2, 0) is 20.7 Å². The second kappa shape index (κ2) is 20.0. The van der Waals surface area contributed by atoms with Crippen LogP contribution in [0.2, 0.25) is 0 Å². The third-order valence-electron chi connectivity index (χ3n) is 5.22. The molecule has 6 nitrogen and oxygen atoms in total. The molecule has 1 aromatic heterocycles. The maximum atomic E-state index is 12.3. The van der Waals surface area contributed by atoms with Crippen LogP contribution in [0.5, 0.6) is 0 Å². The lowest BCUT2D eigenvalue weighted by molar-refractivity contribution is -0.147. The molecular formula is C27H43N3O3. The van der Waals surface area contributed by atoms with Gasteiger partial charge in [-0.25, -0.2) is 9.78 Å². The topological polar surface area (TPSA) is 84.1 Å². The first-order valence-electron chi connectivity index (χ1n) is 12.6. The van der Waals surface area contributed by atoms with Gasteiger partial charge in [-0.05, 0) is 19.3 Å². The van der Waals surface area contributed by atoms with Gasteiger partial charge in [-0.1, -0.05) is 95.6 Å². The van der Waals surface area contributed by atoms with Gasteiger partial charge < -0.3 is 15.0 Å². The van der Waals surface area contributed by atoms with Crippen LogP contribution in [0, 0.1) is 0 Å². The maximum absolute atomic E-state index is 12.3. The monoisotopic (exact) mass is 457 g/mol. The minimum Gasteiger partial charge on any atom is -0.464 e. The van der Waals surface area contributed by atoms with E-state index in [1.807, 2.05) is 25.2 Å². The number of aromatic nitrogens is 2. The van der Waals surface area contributed by atoms with Gasteiger partial charge in [0.25, 0.3) is 0 Å². The van der Waals surface area contributed by atoms with Crippen molar-refractivity contribution in [1.82, 2.24) is 15.3 Å². The smallest absolute Gasteiger partial charge is 0.329 e. The highest BCUT2D eigenvalue weighted by Gasteiger charge is 2.22. The zero-order valence-corrected chi connectivity index (χ0v) is 20.6. The minimum absolute atomic E-state index is 0.305. The summed E-state index contributed by atoms with van der Waals surface area (Å²) in [7, 11) is 0. The molecule has 1 amide bonds. The summed E-state index contributed by atoms with van der Waals surface area (Å²) in [5.41, 5.74) is 0.759. The average molecular weight is 458 g/mol. The molecule has 0 unspecified atom stereocenters. The van der Waals surface area contributed by atoms with Crippen molar-refractivity contribution in [3.63, 3.8) is 0 Å². The van der Waals surface area contributed by atoms with Gasteiger partial charge in [0, 0.05) is 24.4 Å². The summed E-state index contributed by atoms with van der Waals surface area (Å²) < 4.78 is 5.20. The van der Waals surface area contributed by atoms with Crippen LogP contribution in [0.15, 0.2) is 49.0 Å². The fourth-order valence-electron chi connectivity index (χ4n) is 3.35. The Labute approximate surface area is 200 Å². The quantitative estimate of drug-likeness (QED) is 0.116. The number of hydrogen-bond acceptors (Lipinski definition) is 4. The molecule has 0 saturated heterocycles. The van der Waals surface area contributed by atoms with Gasteiger partial charge in [0.2, 0.25) is 5.91 Å². The molecular weight excluding hydrogens is 414 g/mol. The molecule has 2 N–H and O–H groups in total. The lowest BCUT2D eigenvalue weighted by Crippen LogP contribution is -2.42. The van der Waals surface area contributed by atoms with Crippen LogP contribution >= 0.6 is 0 Å². The molecule has 1 aromatic rings. The van der Waals surface area contributed by atoms with Gasteiger partial charge in [0.05, 0.1) is 12.9 Å². The number of rotatable bonds is 19. The predicted octanol–water partition coefficient (Wildman–Crippen LogP) is 5.98. The standard InChI is InChI=1S/C27H43N3O3/c1-3-5-6-7-8-9-10-11-12-13-14-15-16-17-18-19-26(31)30-25(27(32)33-20-4-2)21-24-22-28-23-29-24/h14-19,22-23,25H,3-13,20-21H2,1-2H3,(H,28,29)(H,30,31)/t25-/m0/s1. The molecule has 6 heteroatoms. The summed E-state index contributed by atoms with van der Waals surface area (Å²) in [6, 6.07) is -0.755. The number of ether oxygens (including phenoxy) is 1. The lowest BCUT2D eigenvalue weighted by atomic mass is 10.1. The van der Waals surface area contributed by atoms with E-state index in [-0.39, 0.29) is 5.91 Å². The van der Waals surface area contributed by atoms with Crippen LogP contribution in [0.1, 0.15) is 90.2 Å². The SMILES string of the molecule is CCCCCCCCCCCC=CC=CC=CC(=O)N[C@@H](Cc1cnc[nH]1)C(=O)OCCC. The van der Waals surface area contributed by atoms with Crippen molar-refractivity contribution in [2.75, 3.05) is 6.61 Å². The Bertz CT molecular complexity index is 708. The number of nitrogens with zero attached hydrogens (tertiary/aromatic N) is 1. The van der Waals surface area contributed by atoms with Crippen LogP contribution in [0.4, 0.5) is 0 Å². The summed E-state index contributed by atoms with van der Waals surface area (Å²) in [6.45, 7) is 4.51. The number of allylic oxidation sites excluding steroid dienone is 5. The van der Waals surface area contributed by atoms with Crippen molar-refractivity contribution in [2.45, 2.75) is 96.9 Å². The van der Waals surface area contributed by atoms with E-state index in [1.54, 1.807) is 18.6 Å². The Morgan fingerprint density at radius 1 is 0.970 bits per heavy atom. The first-order valence-corrected chi connectivity index (χ1v) is 12.6. The molecule has 0 aromatic carbocycles. The third kappa shape index (κ3) is 15.8. The summed E-state index contributed by atoms with van der Waals surface area (Å²) in [5, 5.41) is 2.71. The fraction of sp³-hybridized carbons (Fsp3) is 0.593. The van der Waals surface area contributed by atoms with E-state index in [1.165, 1.54) is 63.9 Å². The van der Waals surface area contributed by atoms with Crippen molar-refractivity contribution in [1.29, 1.82) is 0 Å². The van der Waals surface area contributed by atoms with E-state index in [4.69, 9.17) is 4.74 Å². The van der Waals surface area contributed by atoms with Gasteiger partial charge in [-0.2, -0.15) is 0 Å². The molecule has 184 valence electrons. The van der Waals surface area contributed by atoms with E-state index in [2.05, 4.69) is 28.3 Å². The molecule has 1 heterocycles. The van der Waals surface area contributed by atoms with E-state index in [0.717, 1.165) is 18.5 Å². The second-order valence-electron chi connectivity index (χ2n) is 8.30. The summed E-state index contributed by atoms with van der Waals surface area (Å²) in [4.78, 5) is 31.4. The fourth-order valence-corrected chi connectivity index (χ4v) is 3.35. The van der Waals surface area contributed by atoms with E-state index in [9.17, 15) is 9.59 Å². The zero-order chi connectivity index (χ0) is 24.0. The largest absolute Gasteiger partial charge is 0.464 e. The van der Waals surface area contributed by atoms with Gasteiger partial charge in [0.1, 0.15) is 6.04 Å². The molecule has 33 heavy (non-hydrogen) atoms. The van der Waals surface area contributed by atoms with E-state index >= 15 is 0 Å². The Hall–Kier alpha value is -2.63. The molecule has 0 radical (unpaired) electrons. The summed E-state index contributed by atoms with van der Waals surface area (Å²) >= 11 is 0. The minimum atomic E-state index is -0.755. The molecule has 1 atom stereocenters. The number of unbranched alkanes of at least 4 members (excludes halogenated alkanes) is 9. The Kier molecular flexibility index (Phi) is 17.2. The summed E-state index contributed by atoms with van der Waals surface area (Å²) in [5.74, 6) is -0.778. The number of hydrogen-bond donors (Lipinski definition) is 2. The van der Waals surface area contributed by atoms with Gasteiger partial charge >= 0.3 is 5.97 Å². The lowest BCUT2D eigenvalue weighted by Gasteiger charge is -2.15. The number of aromatic amines is 1. The van der Waals surface area contributed by atoms with Crippen LogP contribution < -0.4 is 5.32 Å². The van der Waals surface area contributed by atoms with Gasteiger partial charge in [-0.15, -0.1) is 0 Å². The first kappa shape index (κ1) is 28.4. The first-order chi connectivity index (χ1) is 16.2. The number of amides is 1. The maximum Gasteiger partial charge on any atom is 0.329 e. The molecule has 0 bridgehead atoms. The number of nitrogens with one attached hydrogen (secondary N) is 2. The van der Waals surface area contributed by atoms with Crippen molar-refractivity contribution in [2.24, 2.45) is 0 Å².